The number of aliphatic hydroxyl groups excluding tert-OH is 1. The van der Waals surface area contributed by atoms with Gasteiger partial charge in [0, 0.05) is 12.4 Å². The molecule has 1 aromatic heterocycles. The Labute approximate surface area is 188 Å². The average Bonchev–Trinajstić information content (AvgIpc) is 3.34. The van der Waals surface area contributed by atoms with Crippen LogP contribution in [0.1, 0.15) is 58.3 Å². The lowest BCUT2D eigenvalue weighted by atomic mass is 9.89. The summed E-state index contributed by atoms with van der Waals surface area (Å²) in [5, 5.41) is 14.7. The number of aromatic nitrogens is 2. The van der Waals surface area contributed by atoms with Gasteiger partial charge < -0.3 is 9.84 Å². The molecule has 0 spiro atoms. The van der Waals surface area contributed by atoms with Gasteiger partial charge in [-0.15, -0.1) is 0 Å². The number of hydrogen-bond donors (Lipinski definition) is 1. The van der Waals surface area contributed by atoms with Crippen LogP contribution in [0, 0.1) is 13.8 Å². The number of carbonyl (C=O) groups excluding carboxylic acids is 1. The zero-order valence-electron chi connectivity index (χ0n) is 18.6. The van der Waals surface area contributed by atoms with E-state index in [-0.39, 0.29) is 18.7 Å². The first kappa shape index (κ1) is 20.8. The molecule has 5 rings (SSSR count). The van der Waals surface area contributed by atoms with Gasteiger partial charge in [0.2, 0.25) is 0 Å². The Bertz CT molecular complexity index is 1120. The van der Waals surface area contributed by atoms with Crippen LogP contribution in [0.5, 0.6) is 5.75 Å². The number of benzene rings is 2. The Balaban J connectivity index is 1.43. The third-order valence-electron chi connectivity index (χ3n) is 6.98. The van der Waals surface area contributed by atoms with E-state index in [1.54, 1.807) is 11.1 Å². The van der Waals surface area contributed by atoms with Crippen LogP contribution in [0.2, 0.25) is 0 Å². The Morgan fingerprint density at radius 2 is 1.91 bits per heavy atom. The van der Waals surface area contributed by atoms with Gasteiger partial charge >= 0.3 is 0 Å². The average molecular weight is 432 g/mol. The number of aliphatic hydroxyl groups is 1. The molecule has 1 aliphatic heterocycles. The van der Waals surface area contributed by atoms with Crippen molar-refractivity contribution in [2.75, 3.05) is 6.73 Å². The normalized spacial score (nSPS) is 20.7. The first-order valence-electron chi connectivity index (χ1n) is 11.4. The van der Waals surface area contributed by atoms with Gasteiger partial charge in [0.15, 0.2) is 6.73 Å². The van der Waals surface area contributed by atoms with E-state index < -0.39 is 6.10 Å². The van der Waals surface area contributed by atoms with Crippen LogP contribution in [0.15, 0.2) is 48.8 Å². The Morgan fingerprint density at radius 3 is 2.62 bits per heavy atom. The van der Waals surface area contributed by atoms with Gasteiger partial charge in [0.05, 0.1) is 23.4 Å². The molecule has 6 heteroatoms. The third kappa shape index (κ3) is 3.69. The summed E-state index contributed by atoms with van der Waals surface area (Å²) in [4.78, 5) is 15.2. The van der Waals surface area contributed by atoms with Crippen molar-refractivity contribution >= 4 is 5.91 Å². The van der Waals surface area contributed by atoms with E-state index in [9.17, 15) is 9.90 Å². The number of ether oxygens (including phenoxy) is 1. The summed E-state index contributed by atoms with van der Waals surface area (Å²) in [6.45, 7) is 4.33. The molecule has 166 valence electrons. The predicted molar refractivity (Wildman–Crippen MR) is 122 cm³/mol. The summed E-state index contributed by atoms with van der Waals surface area (Å²) >= 11 is 0. The minimum Gasteiger partial charge on any atom is -0.472 e. The van der Waals surface area contributed by atoms with E-state index in [0.717, 1.165) is 54.5 Å². The number of hydrogen-bond acceptors (Lipinski definition) is 4. The fraction of sp³-hybridized carbons (Fsp3) is 0.385. The van der Waals surface area contributed by atoms with E-state index >= 15 is 0 Å². The molecule has 0 radical (unpaired) electrons. The molecule has 2 aromatic carbocycles. The Hall–Kier alpha value is -3.12. The fourth-order valence-electron chi connectivity index (χ4n) is 4.95. The molecule has 1 fully saturated rings. The second kappa shape index (κ2) is 8.43. The van der Waals surface area contributed by atoms with Gasteiger partial charge in [0.1, 0.15) is 5.75 Å². The highest BCUT2D eigenvalue weighted by atomic mass is 16.5. The summed E-state index contributed by atoms with van der Waals surface area (Å²) in [5.41, 5.74) is 6.09. The lowest BCUT2D eigenvalue weighted by Gasteiger charge is -2.40. The number of amides is 1. The maximum Gasteiger partial charge on any atom is 0.260 e. The van der Waals surface area contributed by atoms with Crippen LogP contribution in [-0.4, -0.2) is 44.6 Å². The lowest BCUT2D eigenvalue weighted by molar-refractivity contribution is -0.0126. The van der Waals surface area contributed by atoms with Crippen molar-refractivity contribution in [2.24, 2.45) is 0 Å². The first-order valence-corrected chi connectivity index (χ1v) is 11.4. The molecule has 1 amide bonds. The molecule has 2 aliphatic rings. The Kier molecular flexibility index (Phi) is 5.47. The highest BCUT2D eigenvalue weighted by molar-refractivity contribution is 5.99. The second-order valence-corrected chi connectivity index (χ2v) is 8.92. The SMILES string of the molecule is Cc1c(Cc2ccc(-n3cccn3)cc2)cc2c(c1C)OCN([C@@H]1CCCC[C@H]1O)C2=O. The van der Waals surface area contributed by atoms with Gasteiger partial charge in [-0.2, -0.15) is 5.10 Å². The zero-order valence-corrected chi connectivity index (χ0v) is 18.6. The molecule has 1 aliphatic carbocycles. The number of fused-ring (bicyclic) bond motifs is 1. The minimum atomic E-state index is -0.475. The van der Waals surface area contributed by atoms with Crippen molar-refractivity contribution in [1.82, 2.24) is 14.7 Å². The molecule has 32 heavy (non-hydrogen) atoms. The highest BCUT2D eigenvalue weighted by Gasteiger charge is 2.37. The van der Waals surface area contributed by atoms with Crippen LogP contribution in [0.3, 0.4) is 0 Å². The third-order valence-corrected chi connectivity index (χ3v) is 6.98. The van der Waals surface area contributed by atoms with Gasteiger partial charge in [-0.05, 0) is 79.6 Å². The standard InChI is InChI=1S/C26H29N3O3/c1-17-18(2)25-22(26(31)28(16-32-25)23-6-3-4-7-24(23)30)15-20(17)14-19-8-10-21(11-9-19)29-13-5-12-27-29/h5,8-13,15,23-24,30H,3-4,6-7,14,16H2,1-2H3/t23-,24-/m1/s1. The summed E-state index contributed by atoms with van der Waals surface area (Å²) in [6, 6.07) is 12.1. The fourth-order valence-corrected chi connectivity index (χ4v) is 4.95. The van der Waals surface area contributed by atoms with Crippen molar-refractivity contribution in [3.05, 3.63) is 76.6 Å². The molecular weight excluding hydrogens is 402 g/mol. The van der Waals surface area contributed by atoms with E-state index in [4.69, 9.17) is 4.74 Å². The van der Waals surface area contributed by atoms with Crippen LogP contribution < -0.4 is 4.74 Å². The molecule has 2 heterocycles. The minimum absolute atomic E-state index is 0.0319. The smallest absolute Gasteiger partial charge is 0.260 e. The summed E-state index contributed by atoms with van der Waals surface area (Å²) in [5.74, 6) is 0.655. The molecule has 6 nitrogen and oxygen atoms in total. The molecule has 0 saturated heterocycles. The molecule has 0 bridgehead atoms. The maximum absolute atomic E-state index is 13.4. The van der Waals surface area contributed by atoms with Gasteiger partial charge in [-0.25, -0.2) is 4.68 Å². The van der Waals surface area contributed by atoms with Crippen molar-refractivity contribution < 1.29 is 14.6 Å². The zero-order chi connectivity index (χ0) is 22.2. The number of rotatable bonds is 4. The molecule has 0 unspecified atom stereocenters. The molecule has 2 atom stereocenters. The molecule has 3 aromatic rings. The first-order chi connectivity index (χ1) is 15.5. The van der Waals surface area contributed by atoms with E-state index in [2.05, 4.69) is 36.3 Å². The molecule has 1 saturated carbocycles. The lowest BCUT2D eigenvalue weighted by Crippen LogP contribution is -2.52. The van der Waals surface area contributed by atoms with Crippen molar-refractivity contribution in [3.63, 3.8) is 0 Å². The van der Waals surface area contributed by atoms with Gasteiger partial charge in [-0.1, -0.05) is 25.0 Å². The van der Waals surface area contributed by atoms with E-state index in [0.29, 0.717) is 11.3 Å². The second-order valence-electron chi connectivity index (χ2n) is 8.92. The van der Waals surface area contributed by atoms with E-state index in [1.165, 1.54) is 5.56 Å². The topological polar surface area (TPSA) is 67.6 Å². The summed E-state index contributed by atoms with van der Waals surface area (Å²) in [6.07, 6.45) is 7.56. The monoisotopic (exact) mass is 431 g/mol. The molecular formula is C26H29N3O3. The van der Waals surface area contributed by atoms with Gasteiger partial charge in [0.25, 0.3) is 5.91 Å². The van der Waals surface area contributed by atoms with Crippen molar-refractivity contribution in [2.45, 2.75) is 58.1 Å². The van der Waals surface area contributed by atoms with Crippen molar-refractivity contribution in [3.8, 4) is 11.4 Å². The Morgan fingerprint density at radius 1 is 1.12 bits per heavy atom. The van der Waals surface area contributed by atoms with E-state index in [1.807, 2.05) is 29.9 Å². The quantitative estimate of drug-likeness (QED) is 0.673. The number of nitrogens with zero attached hydrogens (tertiary/aromatic N) is 3. The van der Waals surface area contributed by atoms with Crippen LogP contribution in [-0.2, 0) is 6.42 Å². The van der Waals surface area contributed by atoms with Crippen LogP contribution in [0.25, 0.3) is 5.69 Å². The maximum atomic E-state index is 13.4. The van der Waals surface area contributed by atoms with Crippen LogP contribution in [0.4, 0.5) is 0 Å². The largest absolute Gasteiger partial charge is 0.472 e. The predicted octanol–water partition coefficient (Wildman–Crippen LogP) is 4.18. The molecule has 1 N–H and O–H groups in total. The highest BCUT2D eigenvalue weighted by Crippen LogP contribution is 2.36. The van der Waals surface area contributed by atoms with Crippen LogP contribution >= 0.6 is 0 Å². The number of carbonyl (C=O) groups is 1. The summed E-state index contributed by atoms with van der Waals surface area (Å²) < 4.78 is 7.90. The summed E-state index contributed by atoms with van der Waals surface area (Å²) in [7, 11) is 0. The van der Waals surface area contributed by atoms with Gasteiger partial charge in [-0.3, -0.25) is 9.69 Å². The van der Waals surface area contributed by atoms with Crippen molar-refractivity contribution in [1.29, 1.82) is 0 Å².